The number of fused-ring (bicyclic) bond motifs is 1. The number of ether oxygens (including phenoxy) is 1. The summed E-state index contributed by atoms with van der Waals surface area (Å²) in [4.78, 5) is 33.7. The third kappa shape index (κ3) is 6.70. The monoisotopic (exact) mass is 508 g/mol. The van der Waals surface area contributed by atoms with Crippen LogP contribution in [0.2, 0.25) is 5.02 Å². The molecule has 1 aliphatic rings. The van der Waals surface area contributed by atoms with Crippen LogP contribution in [0.15, 0.2) is 54.9 Å². The topological polar surface area (TPSA) is 131 Å². The minimum absolute atomic E-state index is 0.0951. The number of nitrogens with zero attached hydrogens (tertiary/aromatic N) is 4. The van der Waals surface area contributed by atoms with Crippen molar-refractivity contribution < 1.29 is 19.4 Å². The highest BCUT2D eigenvalue weighted by Gasteiger charge is 2.23. The van der Waals surface area contributed by atoms with Gasteiger partial charge in [0.1, 0.15) is 23.0 Å². The minimum atomic E-state index is -0.250. The number of rotatable bonds is 8. The van der Waals surface area contributed by atoms with Gasteiger partial charge in [-0.1, -0.05) is 30.7 Å². The molecule has 0 spiro atoms. The second-order valence-corrected chi connectivity index (χ2v) is 8.51. The average molecular weight is 509 g/mol. The SMILES string of the molecule is CCC(=O)Nc1cc(NCc2cn3cc(C4CC4)ccc3n2)nc(Oc2cccc(Cl)c2)n1.O=CO. The van der Waals surface area contributed by atoms with E-state index in [-0.39, 0.29) is 18.4 Å². The van der Waals surface area contributed by atoms with E-state index in [4.69, 9.17) is 26.2 Å². The molecule has 1 fully saturated rings. The Bertz CT molecular complexity index is 1370. The number of carbonyl (C=O) groups excluding carboxylic acids is 1. The van der Waals surface area contributed by atoms with E-state index in [9.17, 15) is 4.79 Å². The van der Waals surface area contributed by atoms with Crippen molar-refractivity contribution in [2.24, 2.45) is 0 Å². The fourth-order valence-electron chi connectivity index (χ4n) is 3.48. The van der Waals surface area contributed by atoms with Crippen LogP contribution in [-0.2, 0) is 16.1 Å². The molecule has 1 aromatic carbocycles. The van der Waals surface area contributed by atoms with Crippen LogP contribution in [-0.4, -0.2) is 36.8 Å². The van der Waals surface area contributed by atoms with Gasteiger partial charge in [-0.05, 0) is 48.6 Å². The lowest BCUT2D eigenvalue weighted by Gasteiger charge is -2.10. The van der Waals surface area contributed by atoms with Gasteiger partial charge in [-0.15, -0.1) is 0 Å². The predicted molar refractivity (Wildman–Crippen MR) is 136 cm³/mol. The molecule has 0 atom stereocenters. The maximum atomic E-state index is 11.9. The first-order valence-electron chi connectivity index (χ1n) is 11.4. The van der Waals surface area contributed by atoms with Crippen LogP contribution in [0.1, 0.15) is 43.4 Å². The summed E-state index contributed by atoms with van der Waals surface area (Å²) >= 11 is 6.04. The normalized spacial score (nSPS) is 12.4. The lowest BCUT2D eigenvalue weighted by Crippen LogP contribution is -2.12. The van der Waals surface area contributed by atoms with E-state index in [0.29, 0.717) is 41.3 Å². The maximum Gasteiger partial charge on any atom is 0.325 e. The molecule has 0 saturated heterocycles. The zero-order valence-electron chi connectivity index (χ0n) is 19.5. The average Bonchev–Trinajstić information content (AvgIpc) is 3.62. The van der Waals surface area contributed by atoms with Gasteiger partial charge in [0.25, 0.3) is 6.47 Å². The van der Waals surface area contributed by atoms with Crippen LogP contribution in [0.5, 0.6) is 11.8 Å². The summed E-state index contributed by atoms with van der Waals surface area (Å²) in [5.74, 6) is 1.89. The molecule has 1 saturated carbocycles. The van der Waals surface area contributed by atoms with E-state index in [1.165, 1.54) is 18.4 Å². The van der Waals surface area contributed by atoms with Crippen LogP contribution in [0.4, 0.5) is 11.6 Å². The summed E-state index contributed by atoms with van der Waals surface area (Å²) in [6.45, 7) is 1.98. The van der Waals surface area contributed by atoms with Gasteiger partial charge in [-0.25, -0.2) is 4.98 Å². The number of anilines is 2. The van der Waals surface area contributed by atoms with Crippen molar-refractivity contribution in [1.29, 1.82) is 0 Å². The third-order valence-corrected chi connectivity index (χ3v) is 5.56. The second kappa shape index (κ2) is 11.5. The lowest BCUT2D eigenvalue weighted by atomic mass is 10.2. The van der Waals surface area contributed by atoms with Crippen molar-refractivity contribution in [3.63, 3.8) is 0 Å². The molecule has 3 N–H and O–H groups in total. The number of hydrogen-bond acceptors (Lipinski definition) is 7. The van der Waals surface area contributed by atoms with E-state index >= 15 is 0 Å². The summed E-state index contributed by atoms with van der Waals surface area (Å²) < 4.78 is 7.84. The van der Waals surface area contributed by atoms with Gasteiger partial charge in [0.2, 0.25) is 5.91 Å². The van der Waals surface area contributed by atoms with Crippen LogP contribution >= 0.6 is 11.6 Å². The molecule has 10 nitrogen and oxygen atoms in total. The lowest BCUT2D eigenvalue weighted by molar-refractivity contribution is -0.123. The van der Waals surface area contributed by atoms with E-state index in [1.807, 2.05) is 6.20 Å². The number of carboxylic acid groups (broad SMARTS) is 1. The molecule has 4 aromatic rings. The smallest absolute Gasteiger partial charge is 0.325 e. The summed E-state index contributed by atoms with van der Waals surface area (Å²) in [6.07, 6.45) is 7.03. The van der Waals surface area contributed by atoms with Crippen LogP contribution in [0.3, 0.4) is 0 Å². The molecule has 0 radical (unpaired) electrons. The Morgan fingerprint density at radius 3 is 2.67 bits per heavy atom. The fourth-order valence-corrected chi connectivity index (χ4v) is 3.66. The molecule has 186 valence electrons. The molecule has 1 aliphatic carbocycles. The van der Waals surface area contributed by atoms with Gasteiger partial charge in [0.15, 0.2) is 0 Å². The van der Waals surface area contributed by atoms with Gasteiger partial charge < -0.3 is 24.9 Å². The van der Waals surface area contributed by atoms with Crippen molar-refractivity contribution in [2.45, 2.75) is 38.6 Å². The van der Waals surface area contributed by atoms with Crippen molar-refractivity contribution in [3.8, 4) is 11.8 Å². The van der Waals surface area contributed by atoms with Crippen LogP contribution in [0.25, 0.3) is 5.65 Å². The Morgan fingerprint density at radius 2 is 1.94 bits per heavy atom. The van der Waals surface area contributed by atoms with Crippen LogP contribution < -0.4 is 15.4 Å². The summed E-state index contributed by atoms with van der Waals surface area (Å²) in [5.41, 5.74) is 3.13. The Balaban J connectivity index is 0.000000967. The molecule has 11 heteroatoms. The van der Waals surface area contributed by atoms with Gasteiger partial charge >= 0.3 is 6.01 Å². The molecular weight excluding hydrogens is 484 g/mol. The van der Waals surface area contributed by atoms with Gasteiger partial charge in [0.05, 0.1) is 12.2 Å². The van der Waals surface area contributed by atoms with Crippen molar-refractivity contribution in [3.05, 3.63) is 71.1 Å². The van der Waals surface area contributed by atoms with Gasteiger partial charge in [-0.2, -0.15) is 9.97 Å². The highest BCUT2D eigenvalue weighted by molar-refractivity contribution is 6.30. The van der Waals surface area contributed by atoms with Crippen molar-refractivity contribution in [2.75, 3.05) is 10.6 Å². The number of amides is 1. The number of imidazole rings is 1. The first kappa shape index (κ1) is 24.9. The summed E-state index contributed by atoms with van der Waals surface area (Å²) in [5, 5.41) is 13.4. The molecule has 0 aliphatic heterocycles. The Morgan fingerprint density at radius 1 is 1.17 bits per heavy atom. The number of halogens is 1. The number of benzene rings is 1. The van der Waals surface area contributed by atoms with Gasteiger partial charge in [-0.3, -0.25) is 9.59 Å². The predicted octanol–water partition coefficient (Wildman–Crippen LogP) is 5.11. The van der Waals surface area contributed by atoms with Crippen molar-refractivity contribution >= 4 is 41.3 Å². The molecule has 1 amide bonds. The van der Waals surface area contributed by atoms with E-state index in [1.54, 1.807) is 37.3 Å². The molecule has 5 rings (SSSR count). The first-order valence-corrected chi connectivity index (χ1v) is 11.8. The molecular formula is C25H25ClN6O4. The van der Waals surface area contributed by atoms with E-state index < -0.39 is 0 Å². The number of carbonyl (C=O) groups is 2. The number of hydrogen-bond donors (Lipinski definition) is 3. The molecule has 36 heavy (non-hydrogen) atoms. The number of aromatic nitrogens is 4. The zero-order valence-corrected chi connectivity index (χ0v) is 20.3. The Kier molecular flexibility index (Phi) is 7.96. The minimum Gasteiger partial charge on any atom is -0.483 e. The molecule has 3 aromatic heterocycles. The summed E-state index contributed by atoms with van der Waals surface area (Å²) in [7, 11) is 0. The Labute approximate surface area is 212 Å². The zero-order chi connectivity index (χ0) is 25.5. The van der Waals surface area contributed by atoms with E-state index in [0.717, 1.165) is 11.3 Å². The number of nitrogens with one attached hydrogen (secondary N) is 2. The number of pyridine rings is 1. The summed E-state index contributed by atoms with van der Waals surface area (Å²) in [6, 6.07) is 12.9. The third-order valence-electron chi connectivity index (χ3n) is 5.32. The van der Waals surface area contributed by atoms with E-state index in [2.05, 4.69) is 48.3 Å². The molecule has 0 bridgehead atoms. The Hall–Kier alpha value is -4.18. The maximum absolute atomic E-state index is 11.9. The standard InChI is InChI=1S/C24H23ClN6O2.CH2O2/c1-2-23(32)28-21-11-20(29-24(30-21)33-19-5-3-4-17(25)10-19)26-12-18-14-31-13-16(15-6-7-15)8-9-22(31)27-18;2-1-3/h3-5,8-11,13-15H,2,6-7,12H2,1H3,(H2,26,28,29,30,32);1H,(H,2,3). The fraction of sp³-hybridized carbons (Fsp3) is 0.240. The quantitative estimate of drug-likeness (QED) is 0.280. The van der Waals surface area contributed by atoms with Gasteiger partial charge in [0, 0.05) is 29.9 Å². The first-order chi connectivity index (χ1) is 17.5. The largest absolute Gasteiger partial charge is 0.483 e. The van der Waals surface area contributed by atoms with Crippen molar-refractivity contribution in [1.82, 2.24) is 19.4 Å². The molecule has 0 unspecified atom stereocenters. The van der Waals surface area contributed by atoms with Crippen LogP contribution in [0, 0.1) is 0 Å². The second-order valence-electron chi connectivity index (χ2n) is 8.08. The highest BCUT2D eigenvalue weighted by Crippen LogP contribution is 2.39. The molecule has 3 heterocycles. The highest BCUT2D eigenvalue weighted by atomic mass is 35.5.